The number of hydrogen-bond acceptors (Lipinski definition) is 4. The van der Waals surface area contributed by atoms with E-state index in [-0.39, 0.29) is 24.5 Å². The van der Waals surface area contributed by atoms with Gasteiger partial charge in [-0.3, -0.25) is 14.4 Å². The number of carboxylic acid groups (broad SMARTS) is 1. The van der Waals surface area contributed by atoms with E-state index in [4.69, 9.17) is 5.11 Å². The number of amides is 1. The van der Waals surface area contributed by atoms with E-state index < -0.39 is 12.0 Å². The third-order valence-electron chi connectivity index (χ3n) is 3.75. The molecule has 21 heavy (non-hydrogen) atoms. The van der Waals surface area contributed by atoms with Gasteiger partial charge in [0.1, 0.15) is 0 Å². The van der Waals surface area contributed by atoms with Gasteiger partial charge in [-0.15, -0.1) is 0 Å². The zero-order valence-corrected chi connectivity index (χ0v) is 12.0. The molecule has 0 bridgehead atoms. The summed E-state index contributed by atoms with van der Waals surface area (Å²) in [5.74, 6) is -1.07. The molecule has 1 atom stereocenters. The van der Waals surface area contributed by atoms with Gasteiger partial charge in [0.2, 0.25) is 5.91 Å². The lowest BCUT2D eigenvalue weighted by molar-refractivity contribution is -0.137. The summed E-state index contributed by atoms with van der Waals surface area (Å²) in [6, 6.07) is 4.64. The fraction of sp³-hybridized carbons (Fsp3) is 0.400. The number of carbonyl (C=O) groups excluding carboxylic acids is 2. The number of nitrogens with zero attached hydrogens (tertiary/aromatic N) is 1. The number of rotatable bonds is 6. The molecule has 1 heterocycles. The zero-order valence-electron chi connectivity index (χ0n) is 12.0. The predicted molar refractivity (Wildman–Crippen MR) is 77.6 cm³/mol. The molecule has 0 radical (unpaired) electrons. The smallest absolute Gasteiger partial charge is 0.303 e. The van der Waals surface area contributed by atoms with Crippen LogP contribution in [0.5, 0.6) is 0 Å². The summed E-state index contributed by atoms with van der Waals surface area (Å²) in [5.41, 5.74) is 2.16. The van der Waals surface area contributed by atoms with E-state index in [1.807, 2.05) is 0 Å². The molecule has 0 saturated carbocycles. The molecule has 1 unspecified atom stereocenters. The molecule has 1 aliphatic heterocycles. The first-order chi connectivity index (χ1) is 9.93. The number of nitrogens with one attached hydrogen (secondary N) is 1. The van der Waals surface area contributed by atoms with Crippen LogP contribution in [0.15, 0.2) is 18.2 Å². The largest absolute Gasteiger partial charge is 0.481 e. The Morgan fingerprint density at radius 2 is 2.14 bits per heavy atom. The molecule has 0 fully saturated rings. The van der Waals surface area contributed by atoms with Gasteiger partial charge in [-0.25, -0.2) is 0 Å². The Hall–Kier alpha value is -2.21. The van der Waals surface area contributed by atoms with Gasteiger partial charge >= 0.3 is 5.97 Å². The summed E-state index contributed by atoms with van der Waals surface area (Å²) in [6.45, 7) is 0. The van der Waals surface area contributed by atoms with E-state index in [1.165, 1.54) is 0 Å². The van der Waals surface area contributed by atoms with Crippen LogP contribution in [0.4, 0.5) is 5.69 Å². The summed E-state index contributed by atoms with van der Waals surface area (Å²) in [4.78, 5) is 36.2. The average molecular weight is 290 g/mol. The van der Waals surface area contributed by atoms with Gasteiger partial charge in [0.25, 0.3) is 0 Å². The highest BCUT2D eigenvalue weighted by molar-refractivity contribution is 6.04. The Morgan fingerprint density at radius 3 is 2.76 bits per heavy atom. The predicted octanol–water partition coefficient (Wildman–Crippen LogP) is 0.841. The molecule has 0 spiro atoms. The Labute approximate surface area is 122 Å². The van der Waals surface area contributed by atoms with Crippen molar-refractivity contribution in [3.8, 4) is 0 Å². The molecule has 1 aliphatic rings. The van der Waals surface area contributed by atoms with Gasteiger partial charge in [0.15, 0.2) is 5.78 Å². The van der Waals surface area contributed by atoms with Crippen LogP contribution in [0, 0.1) is 0 Å². The molecule has 6 nitrogen and oxygen atoms in total. The first kappa shape index (κ1) is 15.2. The molecule has 2 rings (SSSR count). The third-order valence-corrected chi connectivity index (χ3v) is 3.75. The normalized spacial score (nSPS) is 15.0. The van der Waals surface area contributed by atoms with Gasteiger partial charge in [-0.2, -0.15) is 0 Å². The lowest BCUT2D eigenvalue weighted by atomic mass is 9.98. The molecule has 0 aromatic heterocycles. The van der Waals surface area contributed by atoms with Crippen molar-refractivity contribution in [3.63, 3.8) is 0 Å². The van der Waals surface area contributed by atoms with E-state index in [9.17, 15) is 14.4 Å². The second-order valence-corrected chi connectivity index (χ2v) is 5.11. The Kier molecular flexibility index (Phi) is 4.37. The minimum Gasteiger partial charge on any atom is -0.481 e. The molecule has 0 aliphatic carbocycles. The van der Waals surface area contributed by atoms with Crippen LogP contribution in [0.3, 0.4) is 0 Å². The number of hydrogen-bond donors (Lipinski definition) is 2. The number of aliphatic carboxylic acids is 1. The highest BCUT2D eigenvalue weighted by atomic mass is 16.4. The number of fused-ring (bicyclic) bond motifs is 1. The van der Waals surface area contributed by atoms with Crippen molar-refractivity contribution in [3.05, 3.63) is 29.3 Å². The summed E-state index contributed by atoms with van der Waals surface area (Å²) < 4.78 is 0. The monoisotopic (exact) mass is 290 g/mol. The van der Waals surface area contributed by atoms with Crippen LogP contribution in [-0.4, -0.2) is 42.9 Å². The van der Waals surface area contributed by atoms with Crippen molar-refractivity contribution in [2.75, 3.05) is 19.0 Å². The number of benzene rings is 1. The highest BCUT2D eigenvalue weighted by Crippen LogP contribution is 2.28. The minimum atomic E-state index is -0.927. The summed E-state index contributed by atoms with van der Waals surface area (Å²) in [6.07, 6.45) is 0.469. The second kappa shape index (κ2) is 6.05. The van der Waals surface area contributed by atoms with Crippen LogP contribution in [0.2, 0.25) is 0 Å². The minimum absolute atomic E-state index is 0.00522. The number of likely N-dealkylation sites (N-methyl/N-ethyl adjacent to an activating group) is 2. The van der Waals surface area contributed by atoms with Gasteiger partial charge in [-0.1, -0.05) is 0 Å². The molecule has 1 aromatic carbocycles. The van der Waals surface area contributed by atoms with Gasteiger partial charge in [-0.05, 0) is 37.2 Å². The van der Waals surface area contributed by atoms with Crippen molar-refractivity contribution >= 4 is 23.3 Å². The number of carboxylic acids is 1. The number of Topliss-reactive ketones (excluding diaryl/α,β-unsaturated/α-hetero) is 1. The van der Waals surface area contributed by atoms with E-state index in [1.54, 1.807) is 37.2 Å². The van der Waals surface area contributed by atoms with Crippen molar-refractivity contribution in [1.29, 1.82) is 0 Å². The van der Waals surface area contributed by atoms with Crippen LogP contribution in [0.25, 0.3) is 0 Å². The fourth-order valence-corrected chi connectivity index (χ4v) is 2.50. The van der Waals surface area contributed by atoms with Crippen LogP contribution < -0.4 is 10.2 Å². The van der Waals surface area contributed by atoms with Crippen LogP contribution in [0.1, 0.15) is 28.8 Å². The Bertz CT molecular complexity index is 597. The zero-order chi connectivity index (χ0) is 15.6. The van der Waals surface area contributed by atoms with E-state index in [2.05, 4.69) is 5.32 Å². The van der Waals surface area contributed by atoms with Crippen molar-refractivity contribution in [1.82, 2.24) is 5.32 Å². The summed E-state index contributed by atoms with van der Waals surface area (Å²) in [7, 11) is 3.34. The number of carbonyl (C=O) groups is 3. The van der Waals surface area contributed by atoms with Crippen LogP contribution in [-0.2, 0) is 16.0 Å². The number of ketones is 1. The highest BCUT2D eigenvalue weighted by Gasteiger charge is 2.26. The Morgan fingerprint density at radius 1 is 1.43 bits per heavy atom. The standard InChI is InChI=1S/C15H18N2O4/c1-16-11(4-6-14(19)20)15(21)9-3-5-12-10(7-9)8-13(18)17(12)2/h3,5,7,11,16H,4,6,8H2,1-2H3,(H,19,20). The maximum absolute atomic E-state index is 12.4. The quantitative estimate of drug-likeness (QED) is 0.758. The first-order valence-corrected chi connectivity index (χ1v) is 6.76. The lowest BCUT2D eigenvalue weighted by Gasteiger charge is -2.15. The van der Waals surface area contributed by atoms with E-state index in [0.717, 1.165) is 11.3 Å². The van der Waals surface area contributed by atoms with Crippen molar-refractivity contribution in [2.45, 2.75) is 25.3 Å². The van der Waals surface area contributed by atoms with Gasteiger partial charge in [0, 0.05) is 24.7 Å². The first-order valence-electron chi connectivity index (χ1n) is 6.76. The summed E-state index contributed by atoms with van der Waals surface area (Å²) in [5, 5.41) is 11.6. The average Bonchev–Trinajstić information content (AvgIpc) is 2.73. The molecule has 6 heteroatoms. The molecule has 1 amide bonds. The fourth-order valence-electron chi connectivity index (χ4n) is 2.50. The third kappa shape index (κ3) is 3.11. The molecule has 0 saturated heterocycles. The molecular weight excluding hydrogens is 272 g/mol. The maximum atomic E-state index is 12.4. The lowest BCUT2D eigenvalue weighted by Crippen LogP contribution is -2.34. The summed E-state index contributed by atoms with van der Waals surface area (Å²) >= 11 is 0. The molecular formula is C15H18N2O4. The molecule has 112 valence electrons. The van der Waals surface area contributed by atoms with E-state index in [0.29, 0.717) is 12.0 Å². The molecule has 1 aromatic rings. The molecule has 2 N–H and O–H groups in total. The van der Waals surface area contributed by atoms with Crippen LogP contribution >= 0.6 is 0 Å². The van der Waals surface area contributed by atoms with Crippen molar-refractivity contribution < 1.29 is 19.5 Å². The van der Waals surface area contributed by atoms with Gasteiger partial charge < -0.3 is 15.3 Å². The topological polar surface area (TPSA) is 86.7 Å². The van der Waals surface area contributed by atoms with Crippen molar-refractivity contribution in [2.24, 2.45) is 0 Å². The number of anilines is 1. The maximum Gasteiger partial charge on any atom is 0.303 e. The SMILES string of the molecule is CNC(CCC(=O)O)C(=O)c1ccc2c(c1)CC(=O)N2C. The van der Waals surface area contributed by atoms with Gasteiger partial charge in [0.05, 0.1) is 12.5 Å². The Balaban J connectivity index is 2.18. The second-order valence-electron chi connectivity index (χ2n) is 5.11. The van der Waals surface area contributed by atoms with E-state index >= 15 is 0 Å².